The van der Waals surface area contributed by atoms with E-state index in [9.17, 15) is 14.9 Å². The first kappa shape index (κ1) is 21.6. The first-order valence-electron chi connectivity index (χ1n) is 10.7. The lowest BCUT2D eigenvalue weighted by Gasteiger charge is -2.42. The number of urea groups is 1. The molecular weight excluding hydrogens is 462 g/mol. The number of nitrogens with zero attached hydrogens (tertiary/aromatic N) is 2. The van der Waals surface area contributed by atoms with Crippen LogP contribution in [0.5, 0.6) is 0 Å². The lowest BCUT2D eigenvalue weighted by atomic mass is 9.72. The zero-order chi connectivity index (χ0) is 22.0. The number of amides is 3. The summed E-state index contributed by atoms with van der Waals surface area (Å²) in [4.78, 5) is 24.0. The number of hydrogen-bond donors (Lipinski definition) is 3. The lowest BCUT2D eigenvalue weighted by molar-refractivity contribution is 0.0155. The van der Waals surface area contributed by atoms with Gasteiger partial charge in [0.15, 0.2) is 5.60 Å². The Labute approximate surface area is 189 Å². The van der Waals surface area contributed by atoms with Gasteiger partial charge in [0.2, 0.25) is 0 Å². The zero-order valence-electron chi connectivity index (χ0n) is 17.4. The van der Waals surface area contributed by atoms with Crippen LogP contribution in [0.4, 0.5) is 9.59 Å². The zero-order valence-corrected chi connectivity index (χ0v) is 19.0. The number of hydrazone groups is 1. The summed E-state index contributed by atoms with van der Waals surface area (Å²) in [5, 5.41) is 19.6. The predicted octanol–water partition coefficient (Wildman–Crippen LogP) is 3.93. The van der Waals surface area contributed by atoms with Gasteiger partial charge in [0, 0.05) is 22.1 Å². The van der Waals surface area contributed by atoms with Crippen LogP contribution in [-0.4, -0.2) is 35.5 Å². The highest BCUT2D eigenvalue weighted by molar-refractivity contribution is 9.10. The maximum atomic E-state index is 12.0. The van der Waals surface area contributed by atoms with E-state index < -0.39 is 11.7 Å². The van der Waals surface area contributed by atoms with Crippen LogP contribution in [0.25, 0.3) is 0 Å². The molecule has 2 fully saturated rings. The summed E-state index contributed by atoms with van der Waals surface area (Å²) in [6.45, 7) is 2.03. The van der Waals surface area contributed by atoms with Crippen LogP contribution in [0, 0.1) is 17.2 Å². The number of carbonyl (C=O) groups excluding carboxylic acids is 2. The third kappa shape index (κ3) is 5.01. The topological polar surface area (TPSA) is 116 Å². The van der Waals surface area contributed by atoms with E-state index in [0.717, 1.165) is 42.1 Å². The Kier molecular flexibility index (Phi) is 6.19. The standard InChI is InChI=1S/C22H26BrN5O3/c1-13(25-20(29)26-16-3-4-16)10-14-6-8-22(9-7-14)19(27-28-21(30)31-22)17-11-15(12-24)2-5-18(17)23/h2,5,11,13-14,16H,3-4,6-10H2,1H3,(H,28,30)(H2,25,26,29). The Hall–Kier alpha value is -2.60. The molecule has 1 atom stereocenters. The Morgan fingerprint density at radius 1 is 1.39 bits per heavy atom. The van der Waals surface area contributed by atoms with Crippen molar-refractivity contribution >= 4 is 33.8 Å². The fourth-order valence-corrected chi connectivity index (χ4v) is 4.92. The molecule has 1 aromatic carbocycles. The van der Waals surface area contributed by atoms with Crippen LogP contribution in [0.1, 0.15) is 63.0 Å². The number of carbonyl (C=O) groups is 2. The smallest absolute Gasteiger partial charge is 0.428 e. The third-order valence-electron chi connectivity index (χ3n) is 6.22. The van der Waals surface area contributed by atoms with E-state index in [4.69, 9.17) is 4.74 Å². The van der Waals surface area contributed by atoms with Crippen LogP contribution < -0.4 is 16.1 Å². The lowest BCUT2D eigenvalue weighted by Crippen LogP contribution is -2.52. The molecule has 4 rings (SSSR count). The highest BCUT2D eigenvalue weighted by Gasteiger charge is 2.46. The molecule has 1 aromatic rings. The molecule has 164 valence electrons. The molecule has 1 heterocycles. The molecule has 0 radical (unpaired) electrons. The molecule has 1 aliphatic heterocycles. The van der Waals surface area contributed by atoms with Crippen molar-refractivity contribution in [1.29, 1.82) is 5.26 Å². The van der Waals surface area contributed by atoms with Crippen molar-refractivity contribution in [1.82, 2.24) is 16.1 Å². The SMILES string of the molecule is CC(CC1CCC2(CC1)OC(=O)NN=C2c1cc(C#N)ccc1Br)NC(=O)NC1CC1. The van der Waals surface area contributed by atoms with Gasteiger partial charge in [0.1, 0.15) is 5.71 Å². The van der Waals surface area contributed by atoms with E-state index in [-0.39, 0.29) is 12.1 Å². The van der Waals surface area contributed by atoms with Gasteiger partial charge in [-0.25, -0.2) is 15.0 Å². The van der Waals surface area contributed by atoms with E-state index in [2.05, 4.69) is 43.2 Å². The maximum Gasteiger partial charge on any atom is 0.428 e. The Morgan fingerprint density at radius 3 is 2.81 bits per heavy atom. The first-order valence-corrected chi connectivity index (χ1v) is 11.5. The van der Waals surface area contributed by atoms with Crippen molar-refractivity contribution in [3.05, 3.63) is 33.8 Å². The fourth-order valence-electron chi connectivity index (χ4n) is 4.49. The van der Waals surface area contributed by atoms with Crippen LogP contribution in [-0.2, 0) is 4.74 Å². The maximum absolute atomic E-state index is 12.0. The summed E-state index contributed by atoms with van der Waals surface area (Å²) in [6.07, 6.45) is 5.47. The van der Waals surface area contributed by atoms with Crippen molar-refractivity contribution in [2.75, 3.05) is 0 Å². The van der Waals surface area contributed by atoms with E-state index in [1.54, 1.807) is 12.1 Å². The van der Waals surface area contributed by atoms with Crippen molar-refractivity contribution in [2.45, 2.75) is 69.6 Å². The van der Waals surface area contributed by atoms with Gasteiger partial charge in [0.05, 0.1) is 11.6 Å². The highest BCUT2D eigenvalue weighted by Crippen LogP contribution is 2.41. The minimum Gasteiger partial charge on any atom is -0.435 e. The van der Waals surface area contributed by atoms with Gasteiger partial charge < -0.3 is 15.4 Å². The third-order valence-corrected chi connectivity index (χ3v) is 6.91. The molecule has 8 nitrogen and oxygen atoms in total. The van der Waals surface area contributed by atoms with E-state index in [1.807, 2.05) is 13.0 Å². The average Bonchev–Trinajstić information content (AvgIpc) is 3.54. The number of nitrogens with one attached hydrogen (secondary N) is 3. The van der Waals surface area contributed by atoms with Crippen LogP contribution in [0.15, 0.2) is 27.8 Å². The van der Waals surface area contributed by atoms with Gasteiger partial charge in [-0.3, -0.25) is 0 Å². The van der Waals surface area contributed by atoms with Crippen molar-refractivity contribution in [2.24, 2.45) is 11.0 Å². The average molecular weight is 488 g/mol. The molecule has 0 aromatic heterocycles. The van der Waals surface area contributed by atoms with Crippen molar-refractivity contribution in [3.63, 3.8) is 0 Å². The summed E-state index contributed by atoms with van der Waals surface area (Å²) in [7, 11) is 0. The largest absolute Gasteiger partial charge is 0.435 e. The molecule has 2 aliphatic carbocycles. The molecule has 0 bridgehead atoms. The number of rotatable bonds is 5. The quantitative estimate of drug-likeness (QED) is 0.583. The van der Waals surface area contributed by atoms with Crippen LogP contribution in [0.2, 0.25) is 0 Å². The summed E-state index contributed by atoms with van der Waals surface area (Å²) in [5.74, 6) is 0.422. The number of benzene rings is 1. The number of hydrogen-bond acceptors (Lipinski definition) is 5. The molecule has 31 heavy (non-hydrogen) atoms. The molecule has 1 spiro atoms. The normalized spacial score (nSPS) is 26.2. The monoisotopic (exact) mass is 487 g/mol. The summed E-state index contributed by atoms with van der Waals surface area (Å²) < 4.78 is 6.61. The fraction of sp³-hybridized carbons (Fsp3) is 0.545. The molecule has 3 N–H and O–H groups in total. The second kappa shape index (κ2) is 8.87. The van der Waals surface area contributed by atoms with Gasteiger partial charge in [-0.1, -0.05) is 15.9 Å². The highest BCUT2D eigenvalue weighted by atomic mass is 79.9. The Bertz CT molecular complexity index is 945. The second-order valence-corrected chi connectivity index (χ2v) is 9.59. The summed E-state index contributed by atoms with van der Waals surface area (Å²) >= 11 is 3.54. The first-order chi connectivity index (χ1) is 14.9. The summed E-state index contributed by atoms with van der Waals surface area (Å²) in [6, 6.07) is 7.78. The molecular formula is C22H26BrN5O3. The molecule has 9 heteroatoms. The van der Waals surface area contributed by atoms with Crippen molar-refractivity contribution in [3.8, 4) is 6.07 Å². The van der Waals surface area contributed by atoms with E-state index in [1.165, 1.54) is 0 Å². The van der Waals surface area contributed by atoms with Crippen molar-refractivity contribution < 1.29 is 14.3 Å². The molecule has 1 unspecified atom stereocenters. The minimum atomic E-state index is -0.810. The van der Waals surface area contributed by atoms with Gasteiger partial charge in [-0.15, -0.1) is 0 Å². The second-order valence-electron chi connectivity index (χ2n) is 8.73. The molecule has 0 saturated heterocycles. The van der Waals surface area contributed by atoms with Crippen LogP contribution in [0.3, 0.4) is 0 Å². The van der Waals surface area contributed by atoms with Gasteiger partial charge in [-0.05, 0) is 76.0 Å². The number of ether oxygens (including phenoxy) is 1. The van der Waals surface area contributed by atoms with Gasteiger partial charge in [0.25, 0.3) is 0 Å². The predicted molar refractivity (Wildman–Crippen MR) is 118 cm³/mol. The molecule has 2 saturated carbocycles. The minimum absolute atomic E-state index is 0.0722. The Morgan fingerprint density at radius 2 is 2.13 bits per heavy atom. The van der Waals surface area contributed by atoms with Crippen LogP contribution >= 0.6 is 15.9 Å². The van der Waals surface area contributed by atoms with E-state index >= 15 is 0 Å². The van der Waals surface area contributed by atoms with E-state index in [0.29, 0.717) is 36.1 Å². The molecule has 3 aliphatic rings. The summed E-state index contributed by atoms with van der Waals surface area (Å²) in [5.41, 5.74) is 3.53. The molecule has 3 amide bonds. The van der Waals surface area contributed by atoms with Gasteiger partial charge >= 0.3 is 12.1 Å². The van der Waals surface area contributed by atoms with Gasteiger partial charge in [-0.2, -0.15) is 10.4 Å². The number of nitriles is 1. The Balaban J connectivity index is 1.43. The number of halogens is 1.